The van der Waals surface area contributed by atoms with Crippen LogP contribution in [0.2, 0.25) is 0 Å². The van der Waals surface area contributed by atoms with Crippen molar-refractivity contribution < 1.29 is 19.7 Å². The van der Waals surface area contributed by atoms with Crippen LogP contribution in [0.25, 0.3) is 0 Å². The number of aliphatic hydroxyl groups excluding tert-OH is 2. The molecule has 0 spiro atoms. The maximum absolute atomic E-state index is 10.7. The highest BCUT2D eigenvalue weighted by atomic mass is 16.5. The first kappa shape index (κ1) is 11.8. The molecule has 13 heavy (non-hydrogen) atoms. The minimum atomic E-state index is -0.912. The van der Waals surface area contributed by atoms with Gasteiger partial charge in [-0.2, -0.15) is 0 Å². The molecule has 0 aliphatic rings. The van der Waals surface area contributed by atoms with Crippen molar-refractivity contribution in [2.75, 3.05) is 19.7 Å². The van der Waals surface area contributed by atoms with Crippen molar-refractivity contribution >= 4 is 12.0 Å². The van der Waals surface area contributed by atoms with Crippen molar-refractivity contribution in [3.63, 3.8) is 0 Å². The minimum absolute atomic E-state index is 0.0729. The van der Waals surface area contributed by atoms with Gasteiger partial charge in [0.25, 0.3) is 6.02 Å². The number of nitrogens with two attached hydrogens (primary N) is 1. The van der Waals surface area contributed by atoms with Crippen molar-refractivity contribution in [1.82, 2.24) is 5.32 Å². The second kappa shape index (κ2) is 6.35. The lowest BCUT2D eigenvalue weighted by atomic mass is 10.4. The van der Waals surface area contributed by atoms with Gasteiger partial charge in [0.1, 0.15) is 0 Å². The van der Waals surface area contributed by atoms with E-state index in [-0.39, 0.29) is 19.7 Å². The number of hydrogen-bond donors (Lipinski definition) is 5. The molecule has 76 valence electrons. The summed E-state index contributed by atoms with van der Waals surface area (Å²) < 4.78 is 4.18. The van der Waals surface area contributed by atoms with Gasteiger partial charge in [0.05, 0.1) is 19.3 Å². The van der Waals surface area contributed by atoms with Crippen molar-refractivity contribution in [2.24, 2.45) is 5.73 Å². The van der Waals surface area contributed by atoms with E-state index in [0.717, 1.165) is 0 Å². The molecule has 0 radical (unpaired) electrons. The predicted molar refractivity (Wildman–Crippen MR) is 44.0 cm³/mol. The molecule has 0 saturated heterocycles. The van der Waals surface area contributed by atoms with E-state index >= 15 is 0 Å². The van der Waals surface area contributed by atoms with Crippen LogP contribution in [-0.2, 0) is 9.53 Å². The summed E-state index contributed by atoms with van der Waals surface area (Å²) in [6.07, 6.45) is -0.912. The van der Waals surface area contributed by atoms with E-state index in [1.54, 1.807) is 0 Å². The molecule has 0 heterocycles. The van der Waals surface area contributed by atoms with Crippen LogP contribution in [0, 0.1) is 5.41 Å². The molecule has 0 aliphatic heterocycles. The average molecular weight is 191 g/mol. The molecule has 0 bridgehead atoms. The van der Waals surface area contributed by atoms with Gasteiger partial charge < -0.3 is 26.0 Å². The third-order valence-electron chi connectivity index (χ3n) is 1.08. The Balaban J connectivity index is 3.42. The zero-order valence-electron chi connectivity index (χ0n) is 6.99. The molecule has 7 heteroatoms. The molecule has 0 amide bonds. The van der Waals surface area contributed by atoms with Crippen LogP contribution in [0.1, 0.15) is 0 Å². The Morgan fingerprint density at radius 2 is 2.31 bits per heavy atom. The van der Waals surface area contributed by atoms with Crippen molar-refractivity contribution in [2.45, 2.75) is 6.10 Å². The fourth-order valence-electron chi connectivity index (χ4n) is 0.564. The standard InChI is InChI=1S/C6H13N3O4/c7-6(8)13-5(12)2-9-1-4(11)3-10/h4,9-11H,1-3H2,(H3,7,8). The fourth-order valence-corrected chi connectivity index (χ4v) is 0.564. The summed E-state index contributed by atoms with van der Waals surface area (Å²) in [5.41, 5.74) is 4.77. The highest BCUT2D eigenvalue weighted by Crippen LogP contribution is 1.78. The van der Waals surface area contributed by atoms with E-state index < -0.39 is 18.1 Å². The first-order chi connectivity index (χ1) is 6.06. The summed E-state index contributed by atoms with van der Waals surface area (Å²) in [5.74, 6) is -0.711. The van der Waals surface area contributed by atoms with Crippen LogP contribution < -0.4 is 11.1 Å². The molecule has 0 rings (SSSR count). The van der Waals surface area contributed by atoms with Crippen molar-refractivity contribution in [1.29, 1.82) is 5.41 Å². The van der Waals surface area contributed by atoms with E-state index in [1.807, 2.05) is 0 Å². The van der Waals surface area contributed by atoms with Gasteiger partial charge in [-0.05, 0) is 0 Å². The summed E-state index contributed by atoms with van der Waals surface area (Å²) in [6.45, 7) is -0.477. The van der Waals surface area contributed by atoms with Crippen molar-refractivity contribution in [3.8, 4) is 0 Å². The number of esters is 1. The van der Waals surface area contributed by atoms with Crippen molar-refractivity contribution in [3.05, 3.63) is 0 Å². The summed E-state index contributed by atoms with van der Waals surface area (Å²) in [7, 11) is 0. The number of nitrogens with one attached hydrogen (secondary N) is 2. The number of aliphatic hydroxyl groups is 2. The van der Waals surface area contributed by atoms with Crippen LogP contribution in [0.5, 0.6) is 0 Å². The van der Waals surface area contributed by atoms with Gasteiger partial charge in [-0.25, -0.2) is 0 Å². The molecule has 7 nitrogen and oxygen atoms in total. The molecule has 0 aromatic heterocycles. The van der Waals surface area contributed by atoms with E-state index in [4.69, 9.17) is 21.4 Å². The lowest BCUT2D eigenvalue weighted by molar-refractivity contribution is -0.134. The Bertz CT molecular complexity index is 185. The van der Waals surface area contributed by atoms with E-state index in [2.05, 4.69) is 10.1 Å². The third-order valence-corrected chi connectivity index (χ3v) is 1.08. The second-order valence-electron chi connectivity index (χ2n) is 2.31. The normalized spacial score (nSPS) is 12.2. The number of amidine groups is 1. The molecule has 1 atom stereocenters. The molecule has 0 fully saturated rings. The van der Waals surface area contributed by atoms with E-state index in [0.29, 0.717) is 0 Å². The summed E-state index contributed by atoms with van der Waals surface area (Å²) in [6, 6.07) is -0.672. The molecule has 0 saturated carbocycles. The van der Waals surface area contributed by atoms with Gasteiger partial charge in [0.2, 0.25) is 0 Å². The molecular formula is C6H13N3O4. The maximum atomic E-state index is 10.7. The number of rotatable bonds is 5. The summed E-state index contributed by atoms with van der Waals surface area (Å²) >= 11 is 0. The zero-order chi connectivity index (χ0) is 10.3. The van der Waals surface area contributed by atoms with E-state index in [1.165, 1.54) is 0 Å². The van der Waals surface area contributed by atoms with Crippen LogP contribution >= 0.6 is 0 Å². The average Bonchev–Trinajstić information content (AvgIpc) is 2.02. The van der Waals surface area contributed by atoms with Crippen LogP contribution in [0.15, 0.2) is 0 Å². The Hall–Kier alpha value is -1.18. The number of hydrogen-bond acceptors (Lipinski definition) is 6. The fraction of sp³-hybridized carbons (Fsp3) is 0.667. The third kappa shape index (κ3) is 7.19. The van der Waals surface area contributed by atoms with Gasteiger partial charge in [-0.3, -0.25) is 10.2 Å². The highest BCUT2D eigenvalue weighted by Gasteiger charge is 2.06. The van der Waals surface area contributed by atoms with Gasteiger partial charge in [0.15, 0.2) is 0 Å². The molecular weight excluding hydrogens is 178 g/mol. The monoisotopic (exact) mass is 191 g/mol. The highest BCUT2D eigenvalue weighted by molar-refractivity contribution is 5.85. The maximum Gasteiger partial charge on any atom is 0.327 e. The first-order valence-corrected chi connectivity index (χ1v) is 3.60. The Morgan fingerprint density at radius 1 is 1.69 bits per heavy atom. The van der Waals surface area contributed by atoms with Crippen LogP contribution in [0.4, 0.5) is 0 Å². The first-order valence-electron chi connectivity index (χ1n) is 3.60. The van der Waals surface area contributed by atoms with Crippen LogP contribution in [0.3, 0.4) is 0 Å². The van der Waals surface area contributed by atoms with Gasteiger partial charge >= 0.3 is 5.97 Å². The molecule has 0 aliphatic carbocycles. The lowest BCUT2D eigenvalue weighted by Crippen LogP contribution is -2.35. The number of carbonyl (C=O) groups excluding carboxylic acids is 1. The number of carbonyl (C=O) groups is 1. The van der Waals surface area contributed by atoms with Gasteiger partial charge in [-0.15, -0.1) is 0 Å². The Kier molecular flexibility index (Phi) is 5.77. The smallest absolute Gasteiger partial charge is 0.327 e. The quantitative estimate of drug-likeness (QED) is 0.183. The molecule has 0 aromatic carbocycles. The Labute approximate surface area is 75.0 Å². The van der Waals surface area contributed by atoms with Gasteiger partial charge in [-0.1, -0.05) is 0 Å². The topological polar surface area (TPSA) is 129 Å². The van der Waals surface area contributed by atoms with Crippen LogP contribution in [-0.4, -0.2) is 48.0 Å². The lowest BCUT2D eigenvalue weighted by Gasteiger charge is -2.07. The molecule has 1 unspecified atom stereocenters. The SMILES string of the molecule is N=C(N)OC(=O)CNCC(O)CO. The molecule has 0 aromatic rings. The summed E-state index contributed by atoms with van der Waals surface area (Å²) in [5, 5.41) is 26.3. The van der Waals surface area contributed by atoms with Gasteiger partial charge in [0, 0.05) is 6.54 Å². The minimum Gasteiger partial charge on any atom is -0.394 e. The largest absolute Gasteiger partial charge is 0.394 e. The zero-order valence-corrected chi connectivity index (χ0v) is 6.99. The summed E-state index contributed by atoms with van der Waals surface area (Å²) in [4.78, 5) is 10.7. The number of ether oxygens (including phenoxy) is 1. The van der Waals surface area contributed by atoms with E-state index in [9.17, 15) is 4.79 Å². The Morgan fingerprint density at radius 3 is 2.77 bits per heavy atom. The predicted octanol–water partition coefficient (Wildman–Crippen LogP) is -2.63. The molecule has 6 N–H and O–H groups in total. The second-order valence-corrected chi connectivity index (χ2v) is 2.31.